The Kier molecular flexibility index (Phi) is 4.32. The molecule has 1 aliphatic carbocycles. The lowest BCUT2D eigenvalue weighted by molar-refractivity contribution is -0.121. The molecule has 2 N–H and O–H groups in total. The van der Waals surface area contributed by atoms with Crippen molar-refractivity contribution in [2.24, 2.45) is 0 Å². The zero-order chi connectivity index (χ0) is 19.8. The van der Waals surface area contributed by atoms with E-state index in [9.17, 15) is 4.79 Å². The number of carbonyl (C=O) groups excluding carboxylic acids is 1. The van der Waals surface area contributed by atoms with Crippen molar-refractivity contribution >= 4 is 27.8 Å². The Hall–Kier alpha value is -3.18. The van der Waals surface area contributed by atoms with Crippen LogP contribution in [-0.2, 0) is 23.4 Å². The lowest BCUT2D eigenvalue weighted by atomic mass is 10.0. The van der Waals surface area contributed by atoms with Gasteiger partial charge in [-0.2, -0.15) is 0 Å². The van der Waals surface area contributed by atoms with Crippen LogP contribution in [0.5, 0.6) is 0 Å². The highest BCUT2D eigenvalue weighted by Gasteiger charge is 2.42. The average molecular weight is 384 g/mol. The van der Waals surface area contributed by atoms with Gasteiger partial charge in [0.25, 0.3) is 0 Å². The number of nitrogens with one attached hydrogen (secondary N) is 2. The van der Waals surface area contributed by atoms with Crippen molar-refractivity contribution < 1.29 is 4.79 Å². The van der Waals surface area contributed by atoms with Gasteiger partial charge in [0, 0.05) is 29.1 Å². The molecule has 1 amide bonds. The van der Waals surface area contributed by atoms with Crippen LogP contribution < -0.4 is 10.6 Å². The Morgan fingerprint density at radius 2 is 1.79 bits per heavy atom. The second kappa shape index (κ2) is 7.01. The van der Waals surface area contributed by atoms with Gasteiger partial charge in [0.15, 0.2) is 0 Å². The van der Waals surface area contributed by atoms with Crippen LogP contribution >= 0.6 is 0 Å². The van der Waals surface area contributed by atoms with Crippen LogP contribution in [0, 0.1) is 0 Å². The van der Waals surface area contributed by atoms with Gasteiger partial charge < -0.3 is 15.2 Å². The van der Waals surface area contributed by atoms with Crippen molar-refractivity contribution in [2.45, 2.75) is 31.5 Å². The monoisotopic (exact) mass is 384 g/mol. The van der Waals surface area contributed by atoms with Crippen molar-refractivity contribution in [3.63, 3.8) is 0 Å². The third-order valence-corrected chi connectivity index (χ3v) is 6.05. The number of aromatic nitrogens is 2. The maximum Gasteiger partial charge on any atom is 0.240 e. The molecule has 2 aromatic carbocycles. The van der Waals surface area contributed by atoms with Gasteiger partial charge in [-0.05, 0) is 49.2 Å². The van der Waals surface area contributed by atoms with Crippen molar-refractivity contribution in [2.75, 3.05) is 7.05 Å². The molecule has 0 saturated heterocycles. The number of carbonyl (C=O) groups is 1. The van der Waals surface area contributed by atoms with Crippen LogP contribution in [0.2, 0.25) is 0 Å². The number of hydrogen-bond donors (Lipinski definition) is 2. The van der Waals surface area contributed by atoms with E-state index in [0.717, 1.165) is 27.5 Å². The zero-order valence-electron chi connectivity index (χ0n) is 16.5. The fraction of sp³-hybridized carbons (Fsp3) is 0.250. The molecule has 0 radical (unpaired) electrons. The van der Waals surface area contributed by atoms with E-state index in [0.29, 0.717) is 6.54 Å². The Bertz CT molecular complexity index is 1140. The summed E-state index contributed by atoms with van der Waals surface area (Å²) >= 11 is 0. The molecule has 1 saturated carbocycles. The van der Waals surface area contributed by atoms with Crippen LogP contribution in [0.1, 0.15) is 24.0 Å². The fourth-order valence-electron chi connectivity index (χ4n) is 4.18. The minimum absolute atomic E-state index is 0.0173. The van der Waals surface area contributed by atoms with Crippen molar-refractivity contribution in [1.29, 1.82) is 0 Å². The van der Waals surface area contributed by atoms with Crippen molar-refractivity contribution in [3.05, 3.63) is 78.0 Å². The maximum atomic E-state index is 12.7. The minimum Gasteiger partial charge on any atom is -0.350 e. The van der Waals surface area contributed by atoms with Crippen molar-refractivity contribution in [1.82, 2.24) is 20.2 Å². The van der Waals surface area contributed by atoms with Gasteiger partial charge >= 0.3 is 0 Å². The van der Waals surface area contributed by atoms with Gasteiger partial charge in [0.1, 0.15) is 12.2 Å². The molecule has 5 nitrogen and oxygen atoms in total. The number of benzene rings is 2. The first-order valence-electron chi connectivity index (χ1n) is 10.1. The first-order valence-corrected chi connectivity index (χ1v) is 10.1. The van der Waals surface area contributed by atoms with E-state index in [1.54, 1.807) is 6.20 Å². The molecule has 1 aliphatic rings. The first-order chi connectivity index (χ1) is 14.2. The smallest absolute Gasteiger partial charge is 0.240 e. The molecule has 2 heterocycles. The summed E-state index contributed by atoms with van der Waals surface area (Å²) in [5.41, 5.74) is 4.48. The molecule has 29 heavy (non-hydrogen) atoms. The van der Waals surface area contributed by atoms with E-state index in [-0.39, 0.29) is 18.0 Å². The van der Waals surface area contributed by atoms with Gasteiger partial charge in [0.2, 0.25) is 5.91 Å². The average Bonchev–Trinajstić information content (AvgIpc) is 3.52. The highest BCUT2D eigenvalue weighted by Crippen LogP contribution is 2.44. The molecular formula is C24H24N4O. The molecule has 0 bridgehead atoms. The predicted molar refractivity (Wildman–Crippen MR) is 115 cm³/mol. The summed E-state index contributed by atoms with van der Waals surface area (Å²) in [6, 6.07) is 20.7. The molecule has 4 aromatic rings. The van der Waals surface area contributed by atoms with Gasteiger partial charge in [-0.25, -0.2) is 4.98 Å². The Balaban J connectivity index is 1.31. The largest absolute Gasteiger partial charge is 0.350 e. The first kappa shape index (κ1) is 17.9. The standard InChI is InChI=1S/C24H24N4O/c1-25-24(12-13-24)18-10-8-17(9-11-18)15-27-22(29)16-28-21-7-3-2-5-19(21)20-6-4-14-26-23(20)28/h2-11,14,25H,12-13,15-16H2,1H3,(H,27,29). The normalized spacial score (nSPS) is 14.9. The summed E-state index contributed by atoms with van der Waals surface area (Å²) in [7, 11) is 2.02. The minimum atomic E-state index is -0.0173. The number of rotatable bonds is 6. The topological polar surface area (TPSA) is 58.9 Å². The number of fused-ring (bicyclic) bond motifs is 3. The quantitative estimate of drug-likeness (QED) is 0.533. The number of hydrogen-bond acceptors (Lipinski definition) is 3. The fourth-order valence-corrected chi connectivity index (χ4v) is 4.18. The highest BCUT2D eigenvalue weighted by molar-refractivity contribution is 6.07. The SMILES string of the molecule is CNC1(c2ccc(CNC(=O)Cn3c4ccccc4c4cccnc43)cc2)CC1. The number of nitrogens with zero attached hydrogens (tertiary/aromatic N) is 2. The predicted octanol–water partition coefficient (Wildman–Crippen LogP) is 3.71. The van der Waals surface area contributed by atoms with E-state index < -0.39 is 0 Å². The van der Waals surface area contributed by atoms with E-state index in [1.165, 1.54) is 18.4 Å². The van der Waals surface area contributed by atoms with Crippen LogP contribution in [-0.4, -0.2) is 22.5 Å². The number of pyridine rings is 1. The molecule has 0 atom stereocenters. The molecule has 5 rings (SSSR count). The second-order valence-corrected chi connectivity index (χ2v) is 7.78. The van der Waals surface area contributed by atoms with E-state index in [2.05, 4.69) is 52.0 Å². The lowest BCUT2D eigenvalue weighted by Crippen LogP contribution is -2.27. The summed E-state index contributed by atoms with van der Waals surface area (Å²) in [5.74, 6) is -0.0173. The second-order valence-electron chi connectivity index (χ2n) is 7.78. The summed E-state index contributed by atoms with van der Waals surface area (Å²) in [5, 5.41) is 8.66. The molecular weight excluding hydrogens is 360 g/mol. The molecule has 5 heteroatoms. The summed E-state index contributed by atoms with van der Waals surface area (Å²) in [6.45, 7) is 0.776. The summed E-state index contributed by atoms with van der Waals surface area (Å²) in [4.78, 5) is 17.2. The van der Waals surface area contributed by atoms with Gasteiger partial charge in [-0.3, -0.25) is 4.79 Å². The Morgan fingerprint density at radius 1 is 1.03 bits per heavy atom. The number of para-hydroxylation sites is 1. The van der Waals surface area contributed by atoms with Gasteiger partial charge in [-0.15, -0.1) is 0 Å². The van der Waals surface area contributed by atoms with Crippen molar-refractivity contribution in [3.8, 4) is 0 Å². The molecule has 0 unspecified atom stereocenters. The van der Waals surface area contributed by atoms with Gasteiger partial charge in [-0.1, -0.05) is 42.5 Å². The van der Waals surface area contributed by atoms with E-state index in [1.807, 2.05) is 35.9 Å². The molecule has 0 aliphatic heterocycles. The maximum absolute atomic E-state index is 12.7. The van der Waals surface area contributed by atoms with Crippen LogP contribution in [0.3, 0.4) is 0 Å². The molecule has 2 aromatic heterocycles. The summed E-state index contributed by atoms with van der Waals surface area (Å²) < 4.78 is 1.99. The summed E-state index contributed by atoms with van der Waals surface area (Å²) in [6.07, 6.45) is 4.15. The Morgan fingerprint density at radius 3 is 2.55 bits per heavy atom. The number of amides is 1. The van der Waals surface area contributed by atoms with Crippen LogP contribution in [0.25, 0.3) is 21.9 Å². The van der Waals surface area contributed by atoms with E-state index in [4.69, 9.17) is 0 Å². The lowest BCUT2D eigenvalue weighted by Gasteiger charge is -2.15. The highest BCUT2D eigenvalue weighted by atomic mass is 16.1. The molecule has 146 valence electrons. The van der Waals surface area contributed by atoms with Crippen LogP contribution in [0.15, 0.2) is 66.9 Å². The zero-order valence-corrected chi connectivity index (χ0v) is 16.5. The van der Waals surface area contributed by atoms with Crippen LogP contribution in [0.4, 0.5) is 0 Å². The van der Waals surface area contributed by atoms with E-state index >= 15 is 0 Å². The third-order valence-electron chi connectivity index (χ3n) is 6.05. The molecule has 0 spiro atoms. The molecule has 1 fully saturated rings. The third kappa shape index (κ3) is 3.17. The van der Waals surface area contributed by atoms with Gasteiger partial charge in [0.05, 0.1) is 5.52 Å². The Labute approximate surface area is 169 Å².